The van der Waals surface area contributed by atoms with Crippen molar-refractivity contribution in [3.05, 3.63) is 12.2 Å². The van der Waals surface area contributed by atoms with Crippen LogP contribution in [-0.4, -0.2) is 11.9 Å². The van der Waals surface area contributed by atoms with E-state index >= 15 is 0 Å². The molecule has 2 nitrogen and oxygen atoms in total. The standard InChI is InChI=1S/C10H17NO/c1-8(2)10(12)11-9-6-4-3-5-7-9/h9H,1,3-7H2,2H3,(H,11,12). The highest BCUT2D eigenvalue weighted by Gasteiger charge is 2.15. The van der Waals surface area contributed by atoms with Gasteiger partial charge in [-0.05, 0) is 19.8 Å². The maximum Gasteiger partial charge on any atom is 0.246 e. The SMILES string of the molecule is C=C(C)C(=O)NC1CCCCC1. The summed E-state index contributed by atoms with van der Waals surface area (Å²) in [5, 5.41) is 2.98. The number of hydrogen-bond donors (Lipinski definition) is 1. The van der Waals surface area contributed by atoms with Crippen LogP contribution in [0.1, 0.15) is 39.0 Å². The number of carbonyl (C=O) groups is 1. The average Bonchev–Trinajstić information content (AvgIpc) is 2.06. The van der Waals surface area contributed by atoms with Crippen LogP contribution in [0.2, 0.25) is 0 Å². The fraction of sp³-hybridized carbons (Fsp3) is 0.700. The molecular weight excluding hydrogens is 150 g/mol. The van der Waals surface area contributed by atoms with Gasteiger partial charge in [-0.2, -0.15) is 0 Å². The van der Waals surface area contributed by atoms with Gasteiger partial charge in [0.2, 0.25) is 5.91 Å². The Hall–Kier alpha value is -0.790. The van der Waals surface area contributed by atoms with E-state index in [4.69, 9.17) is 0 Å². The van der Waals surface area contributed by atoms with Gasteiger partial charge >= 0.3 is 0 Å². The monoisotopic (exact) mass is 167 g/mol. The fourth-order valence-electron chi connectivity index (χ4n) is 1.56. The minimum absolute atomic E-state index is 0.0156. The third-order valence-corrected chi connectivity index (χ3v) is 2.33. The van der Waals surface area contributed by atoms with E-state index in [1.54, 1.807) is 6.92 Å². The number of nitrogens with one attached hydrogen (secondary N) is 1. The van der Waals surface area contributed by atoms with E-state index in [9.17, 15) is 4.79 Å². The fourth-order valence-corrected chi connectivity index (χ4v) is 1.56. The van der Waals surface area contributed by atoms with Gasteiger partial charge in [0.05, 0.1) is 0 Å². The van der Waals surface area contributed by atoms with Gasteiger partial charge in [0.1, 0.15) is 0 Å². The summed E-state index contributed by atoms with van der Waals surface area (Å²) in [6.45, 7) is 5.36. The normalized spacial score (nSPS) is 18.8. The zero-order chi connectivity index (χ0) is 8.97. The van der Waals surface area contributed by atoms with Gasteiger partial charge in [-0.15, -0.1) is 0 Å². The summed E-state index contributed by atoms with van der Waals surface area (Å²) in [6.07, 6.45) is 6.10. The van der Waals surface area contributed by atoms with Crippen LogP contribution < -0.4 is 5.32 Å². The Morgan fingerprint density at radius 1 is 1.33 bits per heavy atom. The second kappa shape index (κ2) is 4.29. The van der Waals surface area contributed by atoms with Crippen LogP contribution in [0, 0.1) is 0 Å². The van der Waals surface area contributed by atoms with Crippen LogP contribution in [0.3, 0.4) is 0 Å². The molecule has 0 aliphatic heterocycles. The molecule has 0 unspecified atom stereocenters. The van der Waals surface area contributed by atoms with Gasteiger partial charge in [0, 0.05) is 11.6 Å². The van der Waals surface area contributed by atoms with Gasteiger partial charge in [0.15, 0.2) is 0 Å². The van der Waals surface area contributed by atoms with E-state index in [1.807, 2.05) is 0 Å². The van der Waals surface area contributed by atoms with Crippen LogP contribution in [0.4, 0.5) is 0 Å². The third kappa shape index (κ3) is 2.68. The van der Waals surface area contributed by atoms with E-state index in [-0.39, 0.29) is 5.91 Å². The minimum atomic E-state index is 0.0156. The summed E-state index contributed by atoms with van der Waals surface area (Å²) in [4.78, 5) is 11.2. The molecule has 1 aliphatic rings. The Morgan fingerprint density at radius 3 is 2.42 bits per heavy atom. The van der Waals surface area contributed by atoms with Gasteiger partial charge in [-0.3, -0.25) is 4.79 Å². The molecule has 0 aromatic rings. The summed E-state index contributed by atoms with van der Waals surface area (Å²) in [5.74, 6) is 0.0156. The molecule has 0 atom stereocenters. The van der Waals surface area contributed by atoms with Crippen molar-refractivity contribution in [2.45, 2.75) is 45.1 Å². The van der Waals surface area contributed by atoms with Gasteiger partial charge in [-0.25, -0.2) is 0 Å². The Labute approximate surface area is 74.0 Å². The first-order valence-corrected chi connectivity index (χ1v) is 4.66. The van der Waals surface area contributed by atoms with Gasteiger partial charge in [-0.1, -0.05) is 25.8 Å². The van der Waals surface area contributed by atoms with Crippen molar-refractivity contribution in [3.63, 3.8) is 0 Å². The Morgan fingerprint density at radius 2 is 1.92 bits per heavy atom. The van der Waals surface area contributed by atoms with E-state index in [0.29, 0.717) is 11.6 Å². The third-order valence-electron chi connectivity index (χ3n) is 2.33. The molecule has 0 radical (unpaired) electrons. The summed E-state index contributed by atoms with van der Waals surface area (Å²) >= 11 is 0. The molecule has 2 heteroatoms. The van der Waals surface area contributed by atoms with Gasteiger partial charge < -0.3 is 5.32 Å². The highest BCUT2D eigenvalue weighted by atomic mass is 16.1. The smallest absolute Gasteiger partial charge is 0.246 e. The Bertz CT molecular complexity index is 180. The second-order valence-corrected chi connectivity index (χ2v) is 3.59. The predicted octanol–water partition coefficient (Wildman–Crippen LogP) is 2.01. The molecular formula is C10H17NO. The van der Waals surface area contributed by atoms with Crippen molar-refractivity contribution in [3.8, 4) is 0 Å². The zero-order valence-electron chi connectivity index (χ0n) is 7.73. The zero-order valence-corrected chi connectivity index (χ0v) is 7.73. The van der Waals surface area contributed by atoms with Crippen LogP contribution in [0.15, 0.2) is 12.2 Å². The van der Waals surface area contributed by atoms with Crippen LogP contribution in [0.5, 0.6) is 0 Å². The van der Waals surface area contributed by atoms with Crippen molar-refractivity contribution < 1.29 is 4.79 Å². The lowest BCUT2D eigenvalue weighted by molar-refractivity contribution is -0.118. The number of rotatable bonds is 2. The highest BCUT2D eigenvalue weighted by Crippen LogP contribution is 2.17. The molecule has 68 valence electrons. The predicted molar refractivity (Wildman–Crippen MR) is 49.8 cm³/mol. The first-order chi connectivity index (χ1) is 5.70. The second-order valence-electron chi connectivity index (χ2n) is 3.59. The van der Waals surface area contributed by atoms with E-state index in [0.717, 1.165) is 12.8 Å². The largest absolute Gasteiger partial charge is 0.350 e. The van der Waals surface area contributed by atoms with Gasteiger partial charge in [0.25, 0.3) is 0 Å². The topological polar surface area (TPSA) is 29.1 Å². The lowest BCUT2D eigenvalue weighted by atomic mass is 9.95. The van der Waals surface area contributed by atoms with E-state index < -0.39 is 0 Å². The molecule has 0 saturated heterocycles. The highest BCUT2D eigenvalue weighted by molar-refractivity contribution is 5.92. The summed E-state index contributed by atoms with van der Waals surface area (Å²) in [5.41, 5.74) is 0.612. The summed E-state index contributed by atoms with van der Waals surface area (Å²) < 4.78 is 0. The molecule has 0 aromatic heterocycles. The maximum atomic E-state index is 11.2. The molecule has 1 aliphatic carbocycles. The van der Waals surface area contributed by atoms with E-state index in [2.05, 4.69) is 11.9 Å². The quantitative estimate of drug-likeness (QED) is 0.626. The maximum absolute atomic E-state index is 11.2. The lowest BCUT2D eigenvalue weighted by Crippen LogP contribution is -2.36. The lowest BCUT2D eigenvalue weighted by Gasteiger charge is -2.22. The molecule has 1 amide bonds. The van der Waals surface area contributed by atoms with Crippen molar-refractivity contribution in [2.24, 2.45) is 0 Å². The summed E-state index contributed by atoms with van der Waals surface area (Å²) in [6, 6.07) is 0.406. The number of hydrogen-bond acceptors (Lipinski definition) is 1. The number of amides is 1. The van der Waals surface area contributed by atoms with Crippen molar-refractivity contribution in [1.82, 2.24) is 5.32 Å². The average molecular weight is 167 g/mol. The van der Waals surface area contributed by atoms with Crippen molar-refractivity contribution in [1.29, 1.82) is 0 Å². The molecule has 1 saturated carbocycles. The molecule has 12 heavy (non-hydrogen) atoms. The Kier molecular flexibility index (Phi) is 3.32. The van der Waals surface area contributed by atoms with Crippen LogP contribution in [-0.2, 0) is 4.79 Å². The summed E-state index contributed by atoms with van der Waals surface area (Å²) in [7, 11) is 0. The van der Waals surface area contributed by atoms with Crippen molar-refractivity contribution >= 4 is 5.91 Å². The first kappa shape index (κ1) is 9.30. The number of carbonyl (C=O) groups excluding carboxylic acids is 1. The molecule has 0 bridgehead atoms. The molecule has 0 spiro atoms. The van der Waals surface area contributed by atoms with Crippen molar-refractivity contribution in [2.75, 3.05) is 0 Å². The molecule has 1 N–H and O–H groups in total. The molecule has 1 fully saturated rings. The van der Waals surface area contributed by atoms with Crippen LogP contribution in [0.25, 0.3) is 0 Å². The molecule has 1 rings (SSSR count). The Balaban J connectivity index is 2.29. The first-order valence-electron chi connectivity index (χ1n) is 4.66. The van der Waals surface area contributed by atoms with Crippen LogP contribution >= 0.6 is 0 Å². The minimum Gasteiger partial charge on any atom is -0.350 e. The molecule has 0 aromatic carbocycles. The molecule has 0 heterocycles. The van der Waals surface area contributed by atoms with E-state index in [1.165, 1.54) is 19.3 Å².